The van der Waals surface area contributed by atoms with E-state index in [1.54, 1.807) is 0 Å². The van der Waals surface area contributed by atoms with Crippen LogP contribution < -0.4 is 10.6 Å². The molecule has 3 rings (SSSR count). The Bertz CT molecular complexity index is 521. The van der Waals surface area contributed by atoms with E-state index in [9.17, 15) is 0 Å². The van der Waals surface area contributed by atoms with Crippen LogP contribution >= 0.6 is 0 Å². The minimum absolute atomic E-state index is 0.0467. The van der Waals surface area contributed by atoms with Crippen LogP contribution in [0.3, 0.4) is 0 Å². The largest absolute Gasteiger partial charge is 0.376 e. The highest BCUT2D eigenvalue weighted by Gasteiger charge is 2.20. The number of nitrogens with zero attached hydrogens (tertiary/aromatic N) is 1. The molecule has 0 aromatic heterocycles. The van der Waals surface area contributed by atoms with Gasteiger partial charge >= 0.3 is 0 Å². The quantitative estimate of drug-likeness (QED) is 0.811. The summed E-state index contributed by atoms with van der Waals surface area (Å²) in [5.74, 6) is 0. The second-order valence-electron chi connectivity index (χ2n) is 4.33. The standard InChI is InChI=1S/C14H16N2O/c15-14-10-17-9-8-16(14)13-7-3-5-11-4-1-2-6-12(11)13/h1-7,14H,8-10,15H2. The predicted octanol–water partition coefficient (Wildman–Crippen LogP) is 1.96. The lowest BCUT2D eigenvalue weighted by atomic mass is 10.1. The molecule has 1 fully saturated rings. The molecule has 2 aromatic carbocycles. The molecule has 3 nitrogen and oxygen atoms in total. The molecule has 2 N–H and O–H groups in total. The molecule has 0 bridgehead atoms. The average molecular weight is 228 g/mol. The van der Waals surface area contributed by atoms with E-state index in [2.05, 4.69) is 47.4 Å². The van der Waals surface area contributed by atoms with Crippen molar-refractivity contribution >= 4 is 16.5 Å². The van der Waals surface area contributed by atoms with E-state index < -0.39 is 0 Å². The minimum Gasteiger partial charge on any atom is -0.376 e. The Hall–Kier alpha value is -1.58. The maximum absolute atomic E-state index is 6.10. The summed E-state index contributed by atoms with van der Waals surface area (Å²) in [5, 5.41) is 2.51. The molecule has 1 heterocycles. The Labute approximate surface area is 101 Å². The highest BCUT2D eigenvalue weighted by molar-refractivity contribution is 5.94. The van der Waals surface area contributed by atoms with Gasteiger partial charge in [-0.1, -0.05) is 36.4 Å². The first-order chi connectivity index (χ1) is 8.36. The van der Waals surface area contributed by atoms with Gasteiger partial charge in [0.25, 0.3) is 0 Å². The van der Waals surface area contributed by atoms with Crippen molar-refractivity contribution in [3.63, 3.8) is 0 Å². The summed E-state index contributed by atoms with van der Waals surface area (Å²) in [6.07, 6.45) is -0.0467. The third-order valence-corrected chi connectivity index (χ3v) is 3.24. The molecule has 1 saturated heterocycles. The number of rotatable bonds is 1. The first-order valence-electron chi connectivity index (χ1n) is 5.94. The number of nitrogens with two attached hydrogens (primary N) is 1. The van der Waals surface area contributed by atoms with Crippen LogP contribution in [-0.2, 0) is 4.74 Å². The highest BCUT2D eigenvalue weighted by atomic mass is 16.5. The van der Waals surface area contributed by atoms with Gasteiger partial charge in [0, 0.05) is 17.6 Å². The number of ether oxygens (including phenoxy) is 1. The van der Waals surface area contributed by atoms with Gasteiger partial charge in [-0.2, -0.15) is 0 Å². The van der Waals surface area contributed by atoms with Gasteiger partial charge in [0.15, 0.2) is 0 Å². The first kappa shape index (κ1) is 10.6. The molecule has 0 saturated carbocycles. The van der Waals surface area contributed by atoms with Crippen LogP contribution in [0, 0.1) is 0 Å². The zero-order chi connectivity index (χ0) is 11.7. The Morgan fingerprint density at radius 2 is 1.94 bits per heavy atom. The summed E-state index contributed by atoms with van der Waals surface area (Å²) in [5.41, 5.74) is 7.31. The Kier molecular flexibility index (Phi) is 2.71. The van der Waals surface area contributed by atoms with Gasteiger partial charge in [0.05, 0.1) is 13.2 Å². The van der Waals surface area contributed by atoms with Crippen molar-refractivity contribution < 1.29 is 4.74 Å². The normalized spacial score (nSPS) is 20.8. The fourth-order valence-corrected chi connectivity index (χ4v) is 2.38. The molecule has 2 aromatic rings. The van der Waals surface area contributed by atoms with Crippen molar-refractivity contribution in [2.75, 3.05) is 24.7 Å². The molecule has 0 radical (unpaired) electrons. The molecule has 1 aliphatic heterocycles. The Balaban J connectivity index is 2.10. The average Bonchev–Trinajstić information content (AvgIpc) is 2.39. The van der Waals surface area contributed by atoms with Crippen molar-refractivity contribution in [2.24, 2.45) is 5.73 Å². The molecule has 17 heavy (non-hydrogen) atoms. The number of morpholine rings is 1. The molecular weight excluding hydrogens is 212 g/mol. The maximum atomic E-state index is 6.10. The smallest absolute Gasteiger partial charge is 0.101 e. The van der Waals surface area contributed by atoms with Crippen LogP contribution in [0.25, 0.3) is 10.8 Å². The molecule has 0 aliphatic carbocycles. The van der Waals surface area contributed by atoms with Crippen molar-refractivity contribution in [3.05, 3.63) is 42.5 Å². The molecule has 0 spiro atoms. The molecule has 3 heteroatoms. The van der Waals surface area contributed by atoms with Crippen LogP contribution in [0.2, 0.25) is 0 Å². The minimum atomic E-state index is -0.0467. The van der Waals surface area contributed by atoms with E-state index in [0.717, 1.165) is 13.2 Å². The number of fused-ring (bicyclic) bond motifs is 1. The molecule has 0 amide bonds. The van der Waals surface area contributed by atoms with E-state index in [4.69, 9.17) is 10.5 Å². The lowest BCUT2D eigenvalue weighted by molar-refractivity contribution is 0.0959. The lowest BCUT2D eigenvalue weighted by Gasteiger charge is -2.35. The van der Waals surface area contributed by atoms with Gasteiger partial charge in [-0.05, 0) is 11.5 Å². The van der Waals surface area contributed by atoms with Crippen molar-refractivity contribution in [3.8, 4) is 0 Å². The number of hydrogen-bond donors (Lipinski definition) is 1. The van der Waals surface area contributed by atoms with Gasteiger partial charge in [-0.3, -0.25) is 0 Å². The predicted molar refractivity (Wildman–Crippen MR) is 70.1 cm³/mol. The number of hydrogen-bond acceptors (Lipinski definition) is 3. The highest BCUT2D eigenvalue weighted by Crippen LogP contribution is 2.28. The van der Waals surface area contributed by atoms with Crippen LogP contribution in [0.15, 0.2) is 42.5 Å². The van der Waals surface area contributed by atoms with Crippen molar-refractivity contribution in [1.29, 1.82) is 0 Å². The number of anilines is 1. The lowest BCUT2D eigenvalue weighted by Crippen LogP contribution is -2.51. The topological polar surface area (TPSA) is 38.5 Å². The van der Waals surface area contributed by atoms with Crippen LogP contribution in [-0.4, -0.2) is 25.9 Å². The van der Waals surface area contributed by atoms with E-state index >= 15 is 0 Å². The van der Waals surface area contributed by atoms with Gasteiger partial charge < -0.3 is 15.4 Å². The molecule has 1 unspecified atom stereocenters. The second-order valence-corrected chi connectivity index (χ2v) is 4.33. The van der Waals surface area contributed by atoms with Gasteiger partial charge in [-0.15, -0.1) is 0 Å². The first-order valence-corrected chi connectivity index (χ1v) is 5.94. The van der Waals surface area contributed by atoms with E-state index in [1.807, 2.05) is 0 Å². The summed E-state index contributed by atoms with van der Waals surface area (Å²) in [6, 6.07) is 14.7. The Morgan fingerprint density at radius 1 is 1.12 bits per heavy atom. The third kappa shape index (κ3) is 1.88. The number of benzene rings is 2. The van der Waals surface area contributed by atoms with Crippen LogP contribution in [0.4, 0.5) is 5.69 Å². The molecule has 1 atom stereocenters. The summed E-state index contributed by atoms with van der Waals surface area (Å²) in [7, 11) is 0. The zero-order valence-electron chi connectivity index (χ0n) is 9.67. The summed E-state index contributed by atoms with van der Waals surface area (Å²) in [4.78, 5) is 2.23. The second kappa shape index (κ2) is 4.35. The summed E-state index contributed by atoms with van der Waals surface area (Å²) < 4.78 is 5.38. The summed E-state index contributed by atoms with van der Waals surface area (Å²) >= 11 is 0. The maximum Gasteiger partial charge on any atom is 0.101 e. The van der Waals surface area contributed by atoms with Crippen LogP contribution in [0.1, 0.15) is 0 Å². The van der Waals surface area contributed by atoms with Gasteiger partial charge in [0.2, 0.25) is 0 Å². The molecular formula is C14H16N2O. The SMILES string of the molecule is NC1COCCN1c1cccc2ccccc12. The van der Waals surface area contributed by atoms with Gasteiger partial charge in [0.1, 0.15) is 6.17 Å². The van der Waals surface area contributed by atoms with Crippen molar-refractivity contribution in [1.82, 2.24) is 0 Å². The zero-order valence-corrected chi connectivity index (χ0v) is 9.67. The Morgan fingerprint density at radius 3 is 2.82 bits per heavy atom. The van der Waals surface area contributed by atoms with E-state index in [0.29, 0.717) is 6.61 Å². The van der Waals surface area contributed by atoms with E-state index in [1.165, 1.54) is 16.5 Å². The monoisotopic (exact) mass is 228 g/mol. The van der Waals surface area contributed by atoms with Crippen molar-refractivity contribution in [2.45, 2.75) is 6.17 Å². The fraction of sp³-hybridized carbons (Fsp3) is 0.286. The molecule has 1 aliphatic rings. The molecule has 88 valence electrons. The summed E-state index contributed by atoms with van der Waals surface area (Å²) in [6.45, 7) is 2.20. The van der Waals surface area contributed by atoms with E-state index in [-0.39, 0.29) is 6.17 Å². The third-order valence-electron chi connectivity index (χ3n) is 3.24. The fourth-order valence-electron chi connectivity index (χ4n) is 2.38. The van der Waals surface area contributed by atoms with Crippen LogP contribution in [0.5, 0.6) is 0 Å². The van der Waals surface area contributed by atoms with Gasteiger partial charge in [-0.25, -0.2) is 0 Å².